The van der Waals surface area contributed by atoms with Gasteiger partial charge in [0.25, 0.3) is 0 Å². The van der Waals surface area contributed by atoms with E-state index in [0.717, 1.165) is 12.1 Å². The van der Waals surface area contributed by atoms with Gasteiger partial charge in [-0.15, -0.1) is 0 Å². The van der Waals surface area contributed by atoms with Gasteiger partial charge in [-0.2, -0.15) is 4.98 Å². The summed E-state index contributed by atoms with van der Waals surface area (Å²) in [5, 5.41) is 15.1. The molecule has 0 unspecified atom stereocenters. The van der Waals surface area contributed by atoms with Gasteiger partial charge in [0.1, 0.15) is 5.82 Å². The third kappa shape index (κ3) is 4.28. The molecular weight excluding hydrogens is 340 g/mol. The molecule has 0 aliphatic carbocycles. The van der Waals surface area contributed by atoms with E-state index in [1.54, 1.807) is 31.3 Å². The molecule has 3 N–H and O–H groups in total. The minimum absolute atomic E-state index is 0.0941. The summed E-state index contributed by atoms with van der Waals surface area (Å²) in [6.07, 6.45) is 1.64. The number of pyridine rings is 1. The lowest BCUT2D eigenvalue weighted by Crippen LogP contribution is -2.21. The van der Waals surface area contributed by atoms with Crippen molar-refractivity contribution in [2.75, 3.05) is 17.2 Å². The van der Waals surface area contributed by atoms with E-state index in [0.29, 0.717) is 22.9 Å². The average Bonchev–Trinajstić information content (AvgIpc) is 2.65. The number of hydrogen-bond donors (Lipinski definition) is 3. The van der Waals surface area contributed by atoms with Crippen molar-refractivity contribution in [3.8, 4) is 11.4 Å². The first-order valence-electron chi connectivity index (χ1n) is 7.95. The molecule has 0 amide bonds. The van der Waals surface area contributed by atoms with Crippen molar-refractivity contribution in [3.63, 3.8) is 0 Å². The van der Waals surface area contributed by atoms with Crippen LogP contribution in [0.25, 0.3) is 11.4 Å². The van der Waals surface area contributed by atoms with Crippen molar-refractivity contribution in [2.24, 2.45) is 0 Å². The standard InChI is InChI=1S/C18H17F2N5O/c1-11(10-26)22-18-24-16(15-4-2-3-7-21-15)9-17(25-18)23-12-5-6-13(19)14(20)8-12/h2-9,11,26H,10H2,1H3,(H2,22,23,24,25)/t11-/m1/s1. The van der Waals surface area contributed by atoms with Crippen molar-refractivity contribution >= 4 is 17.5 Å². The lowest BCUT2D eigenvalue weighted by Gasteiger charge is -2.14. The molecule has 0 aliphatic rings. The van der Waals surface area contributed by atoms with Crippen molar-refractivity contribution in [1.82, 2.24) is 15.0 Å². The molecule has 1 atom stereocenters. The number of nitrogens with one attached hydrogen (secondary N) is 2. The Morgan fingerprint density at radius 3 is 2.58 bits per heavy atom. The topological polar surface area (TPSA) is 83.0 Å². The van der Waals surface area contributed by atoms with Gasteiger partial charge in [-0.05, 0) is 31.2 Å². The Kier molecular flexibility index (Phi) is 5.33. The van der Waals surface area contributed by atoms with Gasteiger partial charge in [-0.25, -0.2) is 13.8 Å². The minimum atomic E-state index is -0.957. The second kappa shape index (κ2) is 7.83. The number of rotatable bonds is 6. The molecule has 1 aromatic carbocycles. The summed E-state index contributed by atoms with van der Waals surface area (Å²) in [5.74, 6) is -1.23. The lowest BCUT2D eigenvalue weighted by molar-refractivity contribution is 0.281. The Labute approximate surface area is 149 Å². The van der Waals surface area contributed by atoms with E-state index in [-0.39, 0.29) is 18.6 Å². The zero-order valence-electron chi connectivity index (χ0n) is 13.9. The molecule has 0 radical (unpaired) electrons. The summed E-state index contributed by atoms with van der Waals surface area (Å²) in [4.78, 5) is 13.0. The van der Waals surface area contributed by atoms with Gasteiger partial charge in [0.2, 0.25) is 5.95 Å². The highest BCUT2D eigenvalue weighted by molar-refractivity contribution is 5.65. The van der Waals surface area contributed by atoms with Crippen LogP contribution in [-0.4, -0.2) is 32.7 Å². The van der Waals surface area contributed by atoms with E-state index in [1.165, 1.54) is 6.07 Å². The molecule has 0 spiro atoms. The van der Waals surface area contributed by atoms with Crippen LogP contribution in [-0.2, 0) is 0 Å². The predicted molar refractivity (Wildman–Crippen MR) is 95.1 cm³/mol. The van der Waals surface area contributed by atoms with E-state index in [4.69, 9.17) is 0 Å². The molecule has 6 nitrogen and oxygen atoms in total. The molecule has 26 heavy (non-hydrogen) atoms. The number of aliphatic hydroxyl groups is 1. The van der Waals surface area contributed by atoms with Crippen molar-refractivity contribution in [2.45, 2.75) is 13.0 Å². The van der Waals surface area contributed by atoms with E-state index in [9.17, 15) is 13.9 Å². The average molecular weight is 357 g/mol. The van der Waals surface area contributed by atoms with Crippen LogP contribution < -0.4 is 10.6 Å². The third-order valence-corrected chi connectivity index (χ3v) is 3.49. The molecule has 2 aromatic heterocycles. The number of anilines is 3. The Balaban J connectivity index is 1.97. The molecule has 0 saturated heterocycles. The molecule has 0 saturated carbocycles. The summed E-state index contributed by atoms with van der Waals surface area (Å²) in [5.41, 5.74) is 1.51. The first kappa shape index (κ1) is 17.7. The Morgan fingerprint density at radius 2 is 1.88 bits per heavy atom. The second-order valence-electron chi connectivity index (χ2n) is 5.66. The fraction of sp³-hybridized carbons (Fsp3) is 0.167. The molecule has 0 fully saturated rings. The predicted octanol–water partition coefficient (Wildman–Crippen LogP) is 3.35. The van der Waals surface area contributed by atoms with Crippen LogP contribution in [0, 0.1) is 11.6 Å². The van der Waals surface area contributed by atoms with Crippen LogP contribution in [0.5, 0.6) is 0 Å². The number of hydrogen-bond acceptors (Lipinski definition) is 6. The van der Waals surface area contributed by atoms with Crippen LogP contribution in [0.3, 0.4) is 0 Å². The molecule has 0 bridgehead atoms. The molecule has 3 rings (SSSR count). The zero-order chi connectivity index (χ0) is 18.5. The van der Waals surface area contributed by atoms with Crippen molar-refractivity contribution < 1.29 is 13.9 Å². The van der Waals surface area contributed by atoms with E-state index >= 15 is 0 Å². The van der Waals surface area contributed by atoms with Gasteiger partial charge in [0.05, 0.1) is 18.0 Å². The number of nitrogens with zero attached hydrogens (tertiary/aromatic N) is 3. The highest BCUT2D eigenvalue weighted by Gasteiger charge is 2.11. The number of aromatic nitrogens is 3. The first-order valence-corrected chi connectivity index (χ1v) is 7.95. The van der Waals surface area contributed by atoms with Crippen molar-refractivity contribution in [3.05, 3.63) is 60.3 Å². The highest BCUT2D eigenvalue weighted by atomic mass is 19.2. The molecule has 134 valence electrons. The van der Waals surface area contributed by atoms with Crippen LogP contribution in [0.1, 0.15) is 6.92 Å². The maximum absolute atomic E-state index is 13.4. The fourth-order valence-corrected chi connectivity index (χ4v) is 2.21. The van der Waals surface area contributed by atoms with E-state index in [2.05, 4.69) is 25.6 Å². The monoisotopic (exact) mass is 357 g/mol. The van der Waals surface area contributed by atoms with Gasteiger partial charge >= 0.3 is 0 Å². The SMILES string of the molecule is C[C@H](CO)Nc1nc(Nc2ccc(F)c(F)c2)cc(-c2ccccn2)n1. The van der Waals surface area contributed by atoms with Crippen LogP contribution in [0.4, 0.5) is 26.2 Å². The van der Waals surface area contributed by atoms with Gasteiger partial charge in [0.15, 0.2) is 11.6 Å². The molecular formula is C18H17F2N5O. The smallest absolute Gasteiger partial charge is 0.225 e. The van der Waals surface area contributed by atoms with Crippen LogP contribution in [0.15, 0.2) is 48.7 Å². The van der Waals surface area contributed by atoms with Gasteiger partial charge in [-0.1, -0.05) is 6.07 Å². The number of aliphatic hydroxyl groups excluding tert-OH is 1. The second-order valence-corrected chi connectivity index (χ2v) is 5.66. The maximum Gasteiger partial charge on any atom is 0.225 e. The molecule has 2 heterocycles. The molecule has 3 aromatic rings. The van der Waals surface area contributed by atoms with E-state index < -0.39 is 11.6 Å². The summed E-state index contributed by atoms with van der Waals surface area (Å²) in [7, 11) is 0. The first-order chi connectivity index (χ1) is 12.5. The Morgan fingerprint density at radius 1 is 1.04 bits per heavy atom. The van der Waals surface area contributed by atoms with Crippen LogP contribution in [0.2, 0.25) is 0 Å². The van der Waals surface area contributed by atoms with Crippen molar-refractivity contribution in [1.29, 1.82) is 0 Å². The van der Waals surface area contributed by atoms with E-state index in [1.807, 2.05) is 6.07 Å². The number of benzene rings is 1. The maximum atomic E-state index is 13.4. The quantitative estimate of drug-likeness (QED) is 0.628. The lowest BCUT2D eigenvalue weighted by atomic mass is 10.2. The molecule has 8 heteroatoms. The van der Waals surface area contributed by atoms with Gasteiger partial charge in [-0.3, -0.25) is 4.98 Å². The van der Waals surface area contributed by atoms with Gasteiger partial charge < -0.3 is 15.7 Å². The summed E-state index contributed by atoms with van der Waals surface area (Å²) < 4.78 is 26.5. The fourth-order valence-electron chi connectivity index (χ4n) is 2.21. The largest absolute Gasteiger partial charge is 0.394 e. The summed E-state index contributed by atoms with van der Waals surface area (Å²) >= 11 is 0. The zero-order valence-corrected chi connectivity index (χ0v) is 13.9. The Hall–Kier alpha value is -3.13. The highest BCUT2D eigenvalue weighted by Crippen LogP contribution is 2.23. The molecule has 0 aliphatic heterocycles. The number of halogens is 2. The minimum Gasteiger partial charge on any atom is -0.394 e. The third-order valence-electron chi connectivity index (χ3n) is 3.49. The summed E-state index contributed by atoms with van der Waals surface area (Å²) in [6, 6.07) is 10.3. The normalized spacial score (nSPS) is 11.8. The Bertz CT molecular complexity index is 892. The van der Waals surface area contributed by atoms with Gasteiger partial charge in [0, 0.05) is 30.1 Å². The van der Waals surface area contributed by atoms with Crippen LogP contribution >= 0.6 is 0 Å². The summed E-state index contributed by atoms with van der Waals surface area (Å²) in [6.45, 7) is 1.68.